The predicted molar refractivity (Wildman–Crippen MR) is 112 cm³/mol. The second-order valence-corrected chi connectivity index (χ2v) is 7.42. The minimum absolute atomic E-state index is 0.295. The summed E-state index contributed by atoms with van der Waals surface area (Å²) in [4.78, 5) is 29.9. The molecule has 1 aliphatic rings. The third-order valence-electron chi connectivity index (χ3n) is 5.45. The monoisotopic (exact) mass is 388 g/mol. The summed E-state index contributed by atoms with van der Waals surface area (Å²) >= 11 is 0. The Balaban J connectivity index is 1.48. The van der Waals surface area contributed by atoms with Crippen molar-refractivity contribution in [3.05, 3.63) is 76.5 Å². The fourth-order valence-corrected chi connectivity index (χ4v) is 3.86. The van der Waals surface area contributed by atoms with Gasteiger partial charge in [-0.2, -0.15) is 0 Å². The second-order valence-electron chi connectivity index (χ2n) is 7.42. The molecule has 1 N–H and O–H groups in total. The summed E-state index contributed by atoms with van der Waals surface area (Å²) in [6.45, 7) is 2.12. The minimum Gasteiger partial charge on any atom is -0.452 e. The van der Waals surface area contributed by atoms with Gasteiger partial charge in [-0.25, -0.2) is 4.79 Å². The van der Waals surface area contributed by atoms with Crippen LogP contribution in [0.15, 0.2) is 48.5 Å². The average Bonchev–Trinajstić information content (AvgIpc) is 2.75. The van der Waals surface area contributed by atoms with Gasteiger partial charge in [-0.15, -0.1) is 0 Å². The molecule has 29 heavy (non-hydrogen) atoms. The number of para-hydroxylation sites is 1. The summed E-state index contributed by atoms with van der Waals surface area (Å²) in [6, 6.07) is 15.5. The van der Waals surface area contributed by atoms with Gasteiger partial charge in [-0.3, -0.25) is 9.78 Å². The van der Waals surface area contributed by atoms with Crippen LogP contribution in [0.4, 0.5) is 0 Å². The predicted octanol–water partition coefficient (Wildman–Crippen LogP) is 3.90. The molecule has 0 atom stereocenters. The number of amides is 1. The van der Waals surface area contributed by atoms with Gasteiger partial charge in [-0.05, 0) is 55.4 Å². The van der Waals surface area contributed by atoms with Gasteiger partial charge in [0.25, 0.3) is 5.91 Å². The number of benzene rings is 2. The maximum atomic E-state index is 12.9. The van der Waals surface area contributed by atoms with E-state index in [1.54, 1.807) is 0 Å². The summed E-state index contributed by atoms with van der Waals surface area (Å²) in [5, 5.41) is 3.61. The quantitative estimate of drug-likeness (QED) is 0.673. The molecule has 0 saturated carbocycles. The summed E-state index contributed by atoms with van der Waals surface area (Å²) in [6.07, 6.45) is 3.80. The number of aromatic nitrogens is 1. The van der Waals surface area contributed by atoms with Gasteiger partial charge < -0.3 is 10.1 Å². The number of hydrogen-bond donors (Lipinski definition) is 1. The zero-order valence-electron chi connectivity index (χ0n) is 16.5. The van der Waals surface area contributed by atoms with Crippen molar-refractivity contribution < 1.29 is 14.3 Å². The van der Waals surface area contributed by atoms with Gasteiger partial charge in [0.15, 0.2) is 6.61 Å². The molecule has 5 heteroatoms. The summed E-state index contributed by atoms with van der Waals surface area (Å²) in [5.74, 6) is -0.762. The van der Waals surface area contributed by atoms with E-state index in [1.165, 1.54) is 0 Å². The molecule has 1 heterocycles. The minimum atomic E-state index is -0.451. The van der Waals surface area contributed by atoms with Crippen LogP contribution in [0.5, 0.6) is 0 Å². The molecule has 0 fully saturated rings. The first-order valence-corrected chi connectivity index (χ1v) is 10.0. The molecule has 3 aromatic rings. The molecule has 148 valence electrons. The summed E-state index contributed by atoms with van der Waals surface area (Å²) in [7, 11) is 0. The summed E-state index contributed by atoms with van der Waals surface area (Å²) in [5.41, 5.74) is 5.47. The van der Waals surface area contributed by atoms with Crippen LogP contribution in [0.3, 0.4) is 0 Å². The fraction of sp³-hybridized carbons (Fsp3) is 0.292. The number of pyridine rings is 1. The van der Waals surface area contributed by atoms with Gasteiger partial charge in [0, 0.05) is 17.6 Å². The lowest BCUT2D eigenvalue weighted by atomic mass is 9.90. The van der Waals surface area contributed by atoms with Crippen LogP contribution in [0.1, 0.15) is 45.6 Å². The number of nitrogens with one attached hydrogen (secondary N) is 1. The molecule has 1 amide bonds. The Bertz CT molecular complexity index is 1070. The summed E-state index contributed by atoms with van der Waals surface area (Å²) < 4.78 is 5.40. The van der Waals surface area contributed by atoms with Gasteiger partial charge in [-0.1, -0.05) is 42.5 Å². The molecule has 5 nitrogen and oxygen atoms in total. The Labute approximate surface area is 170 Å². The molecule has 0 unspecified atom stereocenters. The maximum Gasteiger partial charge on any atom is 0.339 e. The second kappa shape index (κ2) is 8.43. The third-order valence-corrected chi connectivity index (χ3v) is 5.45. The number of rotatable bonds is 5. The van der Waals surface area contributed by atoms with Crippen LogP contribution in [0, 0.1) is 6.92 Å². The van der Waals surface area contributed by atoms with E-state index in [2.05, 4.69) is 5.32 Å². The molecule has 0 saturated heterocycles. The van der Waals surface area contributed by atoms with E-state index in [1.807, 2.05) is 55.5 Å². The number of ether oxygens (including phenoxy) is 1. The first-order valence-electron chi connectivity index (χ1n) is 10.0. The number of fused-ring (bicyclic) bond motifs is 2. The van der Waals surface area contributed by atoms with Crippen LogP contribution in [0.25, 0.3) is 10.9 Å². The van der Waals surface area contributed by atoms with E-state index in [9.17, 15) is 9.59 Å². The lowest BCUT2D eigenvalue weighted by molar-refractivity contribution is -0.124. The van der Waals surface area contributed by atoms with Crippen molar-refractivity contribution in [1.82, 2.24) is 10.3 Å². The van der Waals surface area contributed by atoms with Crippen LogP contribution in [-0.4, -0.2) is 23.5 Å². The smallest absolute Gasteiger partial charge is 0.339 e. The Kier molecular flexibility index (Phi) is 5.56. The number of carbonyl (C=O) groups excluding carboxylic acids is 2. The standard InChI is InChI=1S/C24H24N2O3/c1-16-8-2-3-9-17(16)14-25-22(27)15-29-24(28)23-18-10-4-6-12-20(18)26-21-13-7-5-11-19(21)23/h2-4,6,8-10,12H,5,7,11,13-15H2,1H3,(H,25,27). The van der Waals surface area contributed by atoms with Crippen molar-refractivity contribution in [2.24, 2.45) is 0 Å². The third kappa shape index (κ3) is 4.14. The van der Waals surface area contributed by atoms with E-state index in [4.69, 9.17) is 9.72 Å². The molecule has 0 spiro atoms. The number of esters is 1. The van der Waals surface area contributed by atoms with Gasteiger partial charge in [0.2, 0.25) is 0 Å². The van der Waals surface area contributed by atoms with Crippen LogP contribution < -0.4 is 5.32 Å². The van der Waals surface area contributed by atoms with Crippen molar-refractivity contribution in [3.63, 3.8) is 0 Å². The topological polar surface area (TPSA) is 68.3 Å². The van der Waals surface area contributed by atoms with Crippen LogP contribution in [-0.2, 0) is 28.9 Å². The number of hydrogen-bond acceptors (Lipinski definition) is 4. The highest BCUT2D eigenvalue weighted by molar-refractivity contribution is 6.05. The van der Waals surface area contributed by atoms with Gasteiger partial charge >= 0.3 is 5.97 Å². The van der Waals surface area contributed by atoms with Crippen molar-refractivity contribution in [2.75, 3.05) is 6.61 Å². The highest BCUT2D eigenvalue weighted by atomic mass is 16.5. The Hall–Kier alpha value is -3.21. The van der Waals surface area contributed by atoms with Gasteiger partial charge in [0.1, 0.15) is 0 Å². The van der Waals surface area contributed by atoms with E-state index in [0.717, 1.165) is 59.0 Å². The average molecular weight is 388 g/mol. The largest absolute Gasteiger partial charge is 0.452 e. The van der Waals surface area contributed by atoms with Crippen molar-refractivity contribution in [1.29, 1.82) is 0 Å². The van der Waals surface area contributed by atoms with E-state index in [-0.39, 0.29) is 12.5 Å². The van der Waals surface area contributed by atoms with Crippen molar-refractivity contribution >= 4 is 22.8 Å². The molecule has 2 aromatic carbocycles. The SMILES string of the molecule is Cc1ccccc1CNC(=O)COC(=O)c1c2c(nc3ccccc13)CCCC2. The van der Waals surface area contributed by atoms with E-state index >= 15 is 0 Å². The van der Waals surface area contributed by atoms with Crippen molar-refractivity contribution in [3.8, 4) is 0 Å². The van der Waals surface area contributed by atoms with Crippen LogP contribution in [0.2, 0.25) is 0 Å². The lowest BCUT2D eigenvalue weighted by Gasteiger charge is -2.20. The zero-order chi connectivity index (χ0) is 20.2. The van der Waals surface area contributed by atoms with E-state index < -0.39 is 5.97 Å². The Morgan fingerprint density at radius 3 is 2.66 bits per heavy atom. The lowest BCUT2D eigenvalue weighted by Crippen LogP contribution is -2.29. The first kappa shape index (κ1) is 19.1. The zero-order valence-corrected chi connectivity index (χ0v) is 16.5. The van der Waals surface area contributed by atoms with Crippen molar-refractivity contribution in [2.45, 2.75) is 39.2 Å². The van der Waals surface area contributed by atoms with E-state index in [0.29, 0.717) is 12.1 Å². The molecule has 0 aliphatic heterocycles. The molecule has 0 radical (unpaired) electrons. The highest BCUT2D eigenvalue weighted by Crippen LogP contribution is 2.29. The van der Waals surface area contributed by atoms with Crippen LogP contribution >= 0.6 is 0 Å². The molecule has 0 bridgehead atoms. The number of carbonyl (C=O) groups is 2. The Morgan fingerprint density at radius 2 is 1.79 bits per heavy atom. The highest BCUT2D eigenvalue weighted by Gasteiger charge is 2.24. The molecule has 1 aliphatic carbocycles. The Morgan fingerprint density at radius 1 is 1.03 bits per heavy atom. The number of nitrogens with zero attached hydrogens (tertiary/aromatic N) is 1. The maximum absolute atomic E-state index is 12.9. The molecular weight excluding hydrogens is 364 g/mol. The molecule has 4 rings (SSSR count). The number of aryl methyl sites for hydroxylation is 2. The molecular formula is C24H24N2O3. The fourth-order valence-electron chi connectivity index (χ4n) is 3.86. The first-order chi connectivity index (χ1) is 14.1. The molecule has 1 aromatic heterocycles. The van der Waals surface area contributed by atoms with Gasteiger partial charge in [0.05, 0.1) is 11.1 Å². The normalized spacial score (nSPS) is 13.0.